The number of anilines is 1. The van der Waals surface area contributed by atoms with E-state index in [0.29, 0.717) is 13.0 Å². The van der Waals surface area contributed by atoms with E-state index in [2.05, 4.69) is 15.3 Å². The van der Waals surface area contributed by atoms with Crippen LogP contribution in [-0.4, -0.2) is 24.9 Å². The van der Waals surface area contributed by atoms with E-state index in [1.165, 1.54) is 18.3 Å². The molecule has 0 aromatic carbocycles. The summed E-state index contributed by atoms with van der Waals surface area (Å²) in [5.41, 5.74) is 2.03. The van der Waals surface area contributed by atoms with Crippen LogP contribution in [0.5, 0.6) is 0 Å². The molecule has 0 radical (unpaired) electrons. The van der Waals surface area contributed by atoms with Crippen LogP contribution in [0.2, 0.25) is 0 Å². The van der Waals surface area contributed by atoms with Gasteiger partial charge in [0.05, 0.1) is 0 Å². The van der Waals surface area contributed by atoms with E-state index < -0.39 is 10.0 Å². The Kier molecular flexibility index (Phi) is 4.31. The normalized spacial score (nSPS) is 11.3. The van der Waals surface area contributed by atoms with Crippen molar-refractivity contribution in [2.45, 2.75) is 18.2 Å². The van der Waals surface area contributed by atoms with Crippen molar-refractivity contribution in [2.24, 2.45) is 5.14 Å². The largest absolute Gasteiger partial charge is 0.369 e. The third kappa shape index (κ3) is 3.75. The predicted molar refractivity (Wildman–Crippen MR) is 76.8 cm³/mol. The Morgan fingerprint density at radius 3 is 2.70 bits per heavy atom. The molecule has 0 aliphatic carbocycles. The fourth-order valence-electron chi connectivity index (χ4n) is 1.72. The number of rotatable bonds is 5. The molecule has 2 rings (SSSR count). The molecule has 0 bridgehead atoms. The fourth-order valence-corrected chi connectivity index (χ4v) is 2.39. The minimum atomic E-state index is -3.77. The highest BCUT2D eigenvalue weighted by Crippen LogP contribution is 2.16. The van der Waals surface area contributed by atoms with Crippen LogP contribution in [0.25, 0.3) is 0 Å². The first-order chi connectivity index (χ1) is 9.47. The predicted octanol–water partition coefficient (Wildman–Crippen LogP) is 1.09. The molecule has 0 saturated heterocycles. The number of hydrogen-bond donors (Lipinski definition) is 2. The Morgan fingerprint density at radius 1 is 1.25 bits per heavy atom. The van der Waals surface area contributed by atoms with Crippen LogP contribution in [0.4, 0.5) is 5.82 Å². The molecule has 0 saturated carbocycles. The lowest BCUT2D eigenvalue weighted by Gasteiger charge is -2.09. The minimum Gasteiger partial charge on any atom is -0.369 e. The Bertz CT molecular complexity index is 684. The molecule has 20 heavy (non-hydrogen) atoms. The maximum Gasteiger partial charge on any atom is 0.241 e. The summed E-state index contributed by atoms with van der Waals surface area (Å²) < 4.78 is 22.8. The van der Waals surface area contributed by atoms with Crippen molar-refractivity contribution in [1.82, 2.24) is 9.97 Å². The van der Waals surface area contributed by atoms with Gasteiger partial charge in [0, 0.05) is 24.6 Å². The molecule has 106 valence electrons. The summed E-state index contributed by atoms with van der Waals surface area (Å²) in [5.74, 6) is 0.273. The third-order valence-corrected chi connectivity index (χ3v) is 3.70. The molecular weight excluding hydrogens is 276 g/mol. The standard InChI is InChI=1S/C13H16N4O2S/c1-10-4-5-11(9-17-10)6-8-16-13-12(20(14,18)19)3-2-7-15-13/h2-5,7,9H,6,8H2,1H3,(H,15,16)(H2,14,18,19). The number of sulfonamides is 1. The maximum absolute atomic E-state index is 11.4. The van der Waals surface area contributed by atoms with Crippen LogP contribution in [0.1, 0.15) is 11.3 Å². The van der Waals surface area contributed by atoms with E-state index in [-0.39, 0.29) is 10.7 Å². The average Bonchev–Trinajstić information content (AvgIpc) is 2.40. The van der Waals surface area contributed by atoms with Crippen molar-refractivity contribution in [3.63, 3.8) is 0 Å². The SMILES string of the molecule is Cc1ccc(CCNc2ncccc2S(N)(=O)=O)cn1. The molecule has 6 nitrogen and oxygen atoms in total. The molecule has 2 aromatic heterocycles. The number of aryl methyl sites for hydroxylation is 1. The second-order valence-corrected chi connectivity index (χ2v) is 5.91. The van der Waals surface area contributed by atoms with Gasteiger partial charge in [0.15, 0.2) is 0 Å². The van der Waals surface area contributed by atoms with E-state index in [0.717, 1.165) is 11.3 Å². The zero-order valence-corrected chi connectivity index (χ0v) is 11.9. The molecular formula is C13H16N4O2S. The summed E-state index contributed by atoms with van der Waals surface area (Å²) in [7, 11) is -3.77. The average molecular weight is 292 g/mol. The van der Waals surface area contributed by atoms with Gasteiger partial charge in [-0.1, -0.05) is 6.07 Å². The summed E-state index contributed by atoms with van der Waals surface area (Å²) >= 11 is 0. The van der Waals surface area contributed by atoms with Gasteiger partial charge in [-0.05, 0) is 37.1 Å². The summed E-state index contributed by atoms with van der Waals surface area (Å²) in [6.07, 6.45) is 4.04. The number of nitrogens with two attached hydrogens (primary N) is 1. The Labute approximate surface area is 118 Å². The summed E-state index contributed by atoms with van der Waals surface area (Å²) in [6.45, 7) is 2.47. The zero-order chi connectivity index (χ0) is 14.6. The lowest BCUT2D eigenvalue weighted by Crippen LogP contribution is -2.17. The monoisotopic (exact) mass is 292 g/mol. The second kappa shape index (κ2) is 5.98. The molecule has 2 aromatic rings. The molecule has 0 fully saturated rings. The van der Waals surface area contributed by atoms with E-state index in [4.69, 9.17) is 5.14 Å². The first-order valence-corrected chi connectivity index (χ1v) is 7.64. The number of nitrogens with one attached hydrogen (secondary N) is 1. The summed E-state index contributed by atoms with van der Waals surface area (Å²) in [5, 5.41) is 8.12. The third-order valence-electron chi connectivity index (χ3n) is 2.76. The van der Waals surface area contributed by atoms with Crippen molar-refractivity contribution in [2.75, 3.05) is 11.9 Å². The molecule has 0 atom stereocenters. The lowest BCUT2D eigenvalue weighted by atomic mass is 10.2. The van der Waals surface area contributed by atoms with E-state index in [9.17, 15) is 8.42 Å². The van der Waals surface area contributed by atoms with Crippen molar-refractivity contribution in [3.8, 4) is 0 Å². The molecule has 0 spiro atoms. The molecule has 0 aliphatic rings. The Morgan fingerprint density at radius 2 is 2.05 bits per heavy atom. The van der Waals surface area contributed by atoms with Crippen LogP contribution in [0.15, 0.2) is 41.6 Å². The molecule has 3 N–H and O–H groups in total. The van der Waals surface area contributed by atoms with Gasteiger partial charge in [-0.25, -0.2) is 18.5 Å². The van der Waals surface area contributed by atoms with Crippen LogP contribution in [0.3, 0.4) is 0 Å². The Hall–Kier alpha value is -1.99. The fraction of sp³-hybridized carbons (Fsp3) is 0.231. The van der Waals surface area contributed by atoms with Crippen LogP contribution >= 0.6 is 0 Å². The quantitative estimate of drug-likeness (QED) is 0.859. The maximum atomic E-state index is 11.4. The second-order valence-electron chi connectivity index (χ2n) is 4.38. The van der Waals surface area contributed by atoms with Crippen LogP contribution < -0.4 is 10.5 Å². The highest BCUT2D eigenvalue weighted by atomic mass is 32.2. The molecule has 0 amide bonds. The van der Waals surface area contributed by atoms with Gasteiger partial charge in [0.1, 0.15) is 10.7 Å². The topological polar surface area (TPSA) is 98.0 Å². The molecule has 2 heterocycles. The van der Waals surface area contributed by atoms with Gasteiger partial charge < -0.3 is 5.32 Å². The first kappa shape index (κ1) is 14.4. The van der Waals surface area contributed by atoms with Gasteiger partial charge in [-0.2, -0.15) is 0 Å². The summed E-state index contributed by atoms with van der Waals surface area (Å²) in [4.78, 5) is 8.21. The van der Waals surface area contributed by atoms with Crippen LogP contribution in [0, 0.1) is 6.92 Å². The van der Waals surface area contributed by atoms with Crippen LogP contribution in [-0.2, 0) is 16.4 Å². The number of aromatic nitrogens is 2. The van der Waals surface area contributed by atoms with Gasteiger partial charge >= 0.3 is 0 Å². The zero-order valence-electron chi connectivity index (χ0n) is 11.1. The highest BCUT2D eigenvalue weighted by molar-refractivity contribution is 7.89. The first-order valence-electron chi connectivity index (χ1n) is 6.10. The number of primary sulfonamides is 1. The Balaban J connectivity index is 2.03. The minimum absolute atomic E-state index is 0.00188. The summed E-state index contributed by atoms with van der Waals surface area (Å²) in [6, 6.07) is 6.89. The van der Waals surface area contributed by atoms with Gasteiger partial charge in [-0.3, -0.25) is 4.98 Å². The van der Waals surface area contributed by atoms with Crippen molar-refractivity contribution < 1.29 is 8.42 Å². The molecule has 0 unspecified atom stereocenters. The highest BCUT2D eigenvalue weighted by Gasteiger charge is 2.13. The molecule has 7 heteroatoms. The van der Waals surface area contributed by atoms with E-state index >= 15 is 0 Å². The van der Waals surface area contributed by atoms with Crippen molar-refractivity contribution >= 4 is 15.8 Å². The van der Waals surface area contributed by atoms with Gasteiger partial charge in [0.25, 0.3) is 0 Å². The van der Waals surface area contributed by atoms with Gasteiger partial charge in [0.2, 0.25) is 10.0 Å². The van der Waals surface area contributed by atoms with E-state index in [1.807, 2.05) is 19.1 Å². The van der Waals surface area contributed by atoms with Gasteiger partial charge in [-0.15, -0.1) is 0 Å². The lowest BCUT2D eigenvalue weighted by molar-refractivity contribution is 0.597. The van der Waals surface area contributed by atoms with E-state index in [1.54, 1.807) is 6.20 Å². The number of nitrogens with zero attached hydrogens (tertiary/aromatic N) is 2. The number of hydrogen-bond acceptors (Lipinski definition) is 5. The van der Waals surface area contributed by atoms with Crippen molar-refractivity contribution in [1.29, 1.82) is 0 Å². The smallest absolute Gasteiger partial charge is 0.241 e. The van der Waals surface area contributed by atoms with Crippen molar-refractivity contribution in [3.05, 3.63) is 47.9 Å². The molecule has 0 aliphatic heterocycles. The number of pyridine rings is 2.